The molecule has 0 aliphatic carbocycles. The largest absolute Gasteiger partial charge is 0.386 e. The zero-order valence-electron chi connectivity index (χ0n) is 8.37. The van der Waals surface area contributed by atoms with Crippen LogP contribution in [-0.2, 0) is 6.42 Å². The van der Waals surface area contributed by atoms with Crippen molar-refractivity contribution < 1.29 is 13.9 Å². The van der Waals surface area contributed by atoms with Gasteiger partial charge in [0.15, 0.2) is 0 Å². The first-order valence-corrected chi connectivity index (χ1v) is 4.79. The number of aliphatic hydroxyl groups excluding tert-OH is 1. The number of aliphatic hydroxyl groups is 1. The molecule has 15 heavy (non-hydrogen) atoms. The highest BCUT2D eigenvalue weighted by atomic mass is 19.3. The van der Waals surface area contributed by atoms with Crippen molar-refractivity contribution in [3.05, 3.63) is 48.6 Å². The summed E-state index contributed by atoms with van der Waals surface area (Å²) < 4.78 is 25.8. The van der Waals surface area contributed by atoms with Crippen molar-refractivity contribution in [1.29, 1.82) is 0 Å². The molecule has 1 nitrogen and oxygen atoms in total. The molecule has 0 aliphatic rings. The van der Waals surface area contributed by atoms with Crippen LogP contribution in [0.25, 0.3) is 0 Å². The Morgan fingerprint density at radius 3 is 2.47 bits per heavy atom. The van der Waals surface area contributed by atoms with Gasteiger partial charge in [-0.25, -0.2) is 0 Å². The van der Waals surface area contributed by atoms with Gasteiger partial charge in [-0.15, -0.1) is 0 Å². The summed E-state index contributed by atoms with van der Waals surface area (Å²) in [6.07, 6.45) is -0.702. The third kappa shape index (κ3) is 3.44. The molecule has 1 aromatic rings. The summed E-state index contributed by atoms with van der Waals surface area (Å²) in [5, 5.41) is 9.22. The molecule has 0 saturated carbocycles. The van der Waals surface area contributed by atoms with Gasteiger partial charge < -0.3 is 5.11 Å². The van der Waals surface area contributed by atoms with Gasteiger partial charge in [-0.1, -0.05) is 36.9 Å². The van der Waals surface area contributed by atoms with E-state index in [0.717, 1.165) is 5.56 Å². The van der Waals surface area contributed by atoms with Gasteiger partial charge in [-0.05, 0) is 24.5 Å². The number of alkyl halides is 2. The van der Waals surface area contributed by atoms with Crippen LogP contribution in [0.15, 0.2) is 43.0 Å². The monoisotopic (exact) mass is 212 g/mol. The first-order valence-electron chi connectivity index (χ1n) is 4.79. The van der Waals surface area contributed by atoms with E-state index in [1.165, 1.54) is 0 Å². The lowest BCUT2D eigenvalue weighted by molar-refractivity contribution is -0.0719. The minimum Gasteiger partial charge on any atom is -0.386 e. The lowest BCUT2D eigenvalue weighted by atomic mass is 10.0. The van der Waals surface area contributed by atoms with E-state index in [4.69, 9.17) is 0 Å². The summed E-state index contributed by atoms with van der Waals surface area (Å²) in [5.41, 5.74) is 0.941. The summed E-state index contributed by atoms with van der Waals surface area (Å²) in [6, 6.07) is 9.23. The molecular weight excluding hydrogens is 198 g/mol. The van der Waals surface area contributed by atoms with E-state index in [1.54, 1.807) is 0 Å². The molecule has 0 aromatic heterocycles. The molecule has 0 heterocycles. The first kappa shape index (κ1) is 11.9. The highest BCUT2D eigenvalue weighted by Crippen LogP contribution is 2.23. The first-order chi connectivity index (χ1) is 7.06. The fourth-order valence-corrected chi connectivity index (χ4v) is 1.28. The summed E-state index contributed by atoms with van der Waals surface area (Å²) >= 11 is 0. The molecule has 0 aliphatic heterocycles. The Hall–Kier alpha value is -1.22. The van der Waals surface area contributed by atoms with Crippen molar-refractivity contribution in [1.82, 2.24) is 0 Å². The van der Waals surface area contributed by atoms with Crippen LogP contribution in [0.1, 0.15) is 12.0 Å². The van der Waals surface area contributed by atoms with Crippen molar-refractivity contribution in [2.24, 2.45) is 0 Å². The third-order valence-corrected chi connectivity index (χ3v) is 2.27. The van der Waals surface area contributed by atoms with E-state index < -0.39 is 12.0 Å². The van der Waals surface area contributed by atoms with E-state index in [0.29, 0.717) is 12.5 Å². The standard InChI is InChI=1S/C12H14F2O/c1-2-12(13,14)11(15)9-8-10-6-4-3-5-7-10/h2-7,11,15H,1,8-9H2/t11-/m0/s1. The maximum Gasteiger partial charge on any atom is 0.291 e. The Morgan fingerprint density at radius 1 is 1.33 bits per heavy atom. The number of benzene rings is 1. The molecule has 0 unspecified atom stereocenters. The van der Waals surface area contributed by atoms with Gasteiger partial charge in [-0.2, -0.15) is 8.78 Å². The Kier molecular flexibility index (Phi) is 3.97. The molecule has 3 heteroatoms. The maximum absolute atomic E-state index is 12.9. The van der Waals surface area contributed by atoms with E-state index in [1.807, 2.05) is 30.3 Å². The molecule has 0 amide bonds. The average molecular weight is 212 g/mol. The van der Waals surface area contributed by atoms with Gasteiger partial charge in [0.05, 0.1) is 0 Å². The molecule has 0 bridgehead atoms. The molecule has 1 atom stereocenters. The number of halogens is 2. The van der Waals surface area contributed by atoms with Crippen LogP contribution < -0.4 is 0 Å². The Labute approximate surface area is 88.1 Å². The zero-order chi connectivity index (χ0) is 11.3. The Balaban J connectivity index is 2.48. The van der Waals surface area contributed by atoms with Crippen molar-refractivity contribution >= 4 is 0 Å². The summed E-state index contributed by atoms with van der Waals surface area (Å²) in [7, 11) is 0. The van der Waals surface area contributed by atoms with E-state index in [-0.39, 0.29) is 6.42 Å². The molecular formula is C12H14F2O. The SMILES string of the molecule is C=CC(F)(F)[C@@H](O)CCc1ccccc1. The van der Waals surface area contributed by atoms with Crippen molar-refractivity contribution in [2.45, 2.75) is 24.9 Å². The minimum atomic E-state index is -3.20. The van der Waals surface area contributed by atoms with Crippen LogP contribution in [0, 0.1) is 0 Å². The minimum absolute atomic E-state index is 0.0308. The quantitative estimate of drug-likeness (QED) is 0.744. The zero-order valence-corrected chi connectivity index (χ0v) is 8.37. The lowest BCUT2D eigenvalue weighted by Gasteiger charge is -2.18. The van der Waals surface area contributed by atoms with Crippen LogP contribution >= 0.6 is 0 Å². The van der Waals surface area contributed by atoms with Crippen LogP contribution in [0.3, 0.4) is 0 Å². The topological polar surface area (TPSA) is 20.2 Å². The smallest absolute Gasteiger partial charge is 0.291 e. The molecule has 82 valence electrons. The average Bonchev–Trinajstić information content (AvgIpc) is 2.27. The van der Waals surface area contributed by atoms with Gasteiger partial charge in [-0.3, -0.25) is 0 Å². The molecule has 1 aromatic carbocycles. The number of aryl methyl sites for hydroxylation is 1. The van der Waals surface area contributed by atoms with Crippen LogP contribution in [0.4, 0.5) is 8.78 Å². The number of rotatable bonds is 5. The van der Waals surface area contributed by atoms with Crippen LogP contribution in [-0.4, -0.2) is 17.1 Å². The molecule has 1 rings (SSSR count). The predicted molar refractivity (Wildman–Crippen MR) is 55.9 cm³/mol. The van der Waals surface area contributed by atoms with E-state index >= 15 is 0 Å². The van der Waals surface area contributed by atoms with Gasteiger partial charge in [0.25, 0.3) is 5.92 Å². The second-order valence-corrected chi connectivity index (χ2v) is 3.42. The Morgan fingerprint density at radius 2 is 1.93 bits per heavy atom. The van der Waals surface area contributed by atoms with Crippen LogP contribution in [0.5, 0.6) is 0 Å². The number of hydrogen-bond acceptors (Lipinski definition) is 1. The second-order valence-electron chi connectivity index (χ2n) is 3.42. The van der Waals surface area contributed by atoms with E-state index in [9.17, 15) is 13.9 Å². The number of hydrogen-bond donors (Lipinski definition) is 1. The van der Waals surface area contributed by atoms with Crippen molar-refractivity contribution in [2.75, 3.05) is 0 Å². The van der Waals surface area contributed by atoms with E-state index in [2.05, 4.69) is 6.58 Å². The van der Waals surface area contributed by atoms with Gasteiger partial charge in [0.2, 0.25) is 0 Å². The summed E-state index contributed by atoms with van der Waals surface area (Å²) in [4.78, 5) is 0. The fourth-order valence-electron chi connectivity index (χ4n) is 1.28. The van der Waals surface area contributed by atoms with Crippen LogP contribution in [0.2, 0.25) is 0 Å². The van der Waals surface area contributed by atoms with Gasteiger partial charge in [0.1, 0.15) is 6.10 Å². The highest BCUT2D eigenvalue weighted by Gasteiger charge is 2.33. The molecule has 0 radical (unpaired) electrons. The predicted octanol–water partition coefficient (Wildman–Crippen LogP) is 2.80. The Bertz CT molecular complexity index is 309. The molecule has 0 saturated heterocycles. The highest BCUT2D eigenvalue weighted by molar-refractivity contribution is 5.15. The molecule has 1 N–H and O–H groups in total. The van der Waals surface area contributed by atoms with Crippen molar-refractivity contribution in [3.63, 3.8) is 0 Å². The lowest BCUT2D eigenvalue weighted by Crippen LogP contribution is -2.31. The third-order valence-electron chi connectivity index (χ3n) is 2.27. The fraction of sp³-hybridized carbons (Fsp3) is 0.333. The van der Waals surface area contributed by atoms with Gasteiger partial charge >= 0.3 is 0 Å². The van der Waals surface area contributed by atoms with Crippen molar-refractivity contribution in [3.8, 4) is 0 Å². The molecule has 0 spiro atoms. The van der Waals surface area contributed by atoms with Gasteiger partial charge in [0, 0.05) is 0 Å². The normalized spacial score (nSPS) is 13.5. The second kappa shape index (κ2) is 5.03. The maximum atomic E-state index is 12.9. The molecule has 0 fully saturated rings. The summed E-state index contributed by atoms with van der Waals surface area (Å²) in [6.45, 7) is 3.00. The summed E-state index contributed by atoms with van der Waals surface area (Å²) in [5.74, 6) is -3.20.